The molecular weight excluding hydrogens is 292 g/mol. The number of fused-ring (bicyclic) bond motifs is 1. The molecule has 2 amide bonds. The molecule has 1 aromatic heterocycles. The lowest BCUT2D eigenvalue weighted by Gasteiger charge is -2.35. The number of aromatic nitrogens is 2. The van der Waals surface area contributed by atoms with Crippen molar-refractivity contribution in [2.45, 2.75) is 32.7 Å². The third kappa shape index (κ3) is 2.72. The highest BCUT2D eigenvalue weighted by atomic mass is 16.2. The van der Waals surface area contributed by atoms with Crippen LogP contribution < -0.4 is 5.73 Å². The molecule has 1 aliphatic rings. The minimum absolute atomic E-state index is 0.101. The SMILES string of the molecule is Cc1n[nH]c(C)c1CC(=O)N1CCc2ccccc2C1C(N)=O. The molecule has 2 aromatic rings. The van der Waals surface area contributed by atoms with Crippen LogP contribution >= 0.6 is 0 Å². The molecule has 0 bridgehead atoms. The zero-order valence-electron chi connectivity index (χ0n) is 13.3. The summed E-state index contributed by atoms with van der Waals surface area (Å²) in [5.41, 5.74) is 10.1. The number of nitrogens with one attached hydrogen (secondary N) is 1. The van der Waals surface area contributed by atoms with E-state index in [1.807, 2.05) is 38.1 Å². The Balaban J connectivity index is 1.90. The molecular formula is C17H20N4O2. The van der Waals surface area contributed by atoms with E-state index in [1.165, 1.54) is 0 Å². The second-order valence-corrected chi connectivity index (χ2v) is 5.93. The number of carbonyl (C=O) groups excluding carboxylic acids is 2. The third-order valence-electron chi connectivity index (χ3n) is 4.48. The van der Waals surface area contributed by atoms with Crippen molar-refractivity contribution in [2.24, 2.45) is 5.73 Å². The van der Waals surface area contributed by atoms with Gasteiger partial charge in [-0.3, -0.25) is 14.7 Å². The Labute approximate surface area is 134 Å². The third-order valence-corrected chi connectivity index (χ3v) is 4.48. The Bertz CT molecular complexity index is 746. The fourth-order valence-corrected chi connectivity index (χ4v) is 3.23. The van der Waals surface area contributed by atoms with Gasteiger partial charge in [0.05, 0.1) is 12.1 Å². The Morgan fingerprint density at radius 1 is 1.35 bits per heavy atom. The Morgan fingerprint density at radius 3 is 2.74 bits per heavy atom. The lowest BCUT2D eigenvalue weighted by molar-refractivity contribution is -0.139. The van der Waals surface area contributed by atoms with E-state index in [4.69, 9.17) is 5.73 Å². The van der Waals surface area contributed by atoms with Crippen molar-refractivity contribution in [3.63, 3.8) is 0 Å². The summed E-state index contributed by atoms with van der Waals surface area (Å²) in [4.78, 5) is 26.3. The summed E-state index contributed by atoms with van der Waals surface area (Å²) in [5, 5.41) is 7.00. The average molecular weight is 312 g/mol. The number of H-pyrrole nitrogens is 1. The van der Waals surface area contributed by atoms with Crippen molar-refractivity contribution in [2.75, 3.05) is 6.54 Å². The van der Waals surface area contributed by atoms with Crippen molar-refractivity contribution >= 4 is 11.8 Å². The van der Waals surface area contributed by atoms with Crippen LogP contribution in [0, 0.1) is 13.8 Å². The summed E-state index contributed by atoms with van der Waals surface area (Å²) in [5.74, 6) is -0.595. The fourth-order valence-electron chi connectivity index (χ4n) is 3.23. The van der Waals surface area contributed by atoms with Crippen molar-refractivity contribution < 1.29 is 9.59 Å². The number of nitrogens with two attached hydrogens (primary N) is 1. The molecule has 6 nitrogen and oxygen atoms in total. The van der Waals surface area contributed by atoms with Gasteiger partial charge in [0.1, 0.15) is 6.04 Å². The largest absolute Gasteiger partial charge is 0.368 e. The lowest BCUT2D eigenvalue weighted by atomic mass is 9.91. The van der Waals surface area contributed by atoms with Crippen molar-refractivity contribution in [3.05, 3.63) is 52.3 Å². The molecule has 0 saturated carbocycles. The first-order valence-electron chi connectivity index (χ1n) is 7.66. The number of benzene rings is 1. The first-order valence-corrected chi connectivity index (χ1v) is 7.66. The van der Waals surface area contributed by atoms with E-state index in [0.29, 0.717) is 6.54 Å². The second kappa shape index (κ2) is 5.87. The molecule has 3 rings (SSSR count). The van der Waals surface area contributed by atoms with Gasteiger partial charge in [0.15, 0.2) is 0 Å². The van der Waals surface area contributed by atoms with Crippen LogP contribution in [0.15, 0.2) is 24.3 Å². The number of hydrogen-bond acceptors (Lipinski definition) is 3. The first kappa shape index (κ1) is 15.3. The maximum absolute atomic E-state index is 12.8. The minimum atomic E-state index is -0.694. The zero-order chi connectivity index (χ0) is 16.6. The predicted molar refractivity (Wildman–Crippen MR) is 85.6 cm³/mol. The van der Waals surface area contributed by atoms with E-state index in [1.54, 1.807) is 4.90 Å². The summed E-state index contributed by atoms with van der Waals surface area (Å²) in [6.07, 6.45) is 0.954. The molecule has 1 aliphatic heterocycles. The minimum Gasteiger partial charge on any atom is -0.368 e. The van der Waals surface area contributed by atoms with Crippen LogP contribution in [-0.2, 0) is 22.4 Å². The van der Waals surface area contributed by atoms with Crippen molar-refractivity contribution in [1.82, 2.24) is 15.1 Å². The second-order valence-electron chi connectivity index (χ2n) is 5.93. The zero-order valence-corrected chi connectivity index (χ0v) is 13.3. The van der Waals surface area contributed by atoms with Crippen LogP contribution in [0.3, 0.4) is 0 Å². The molecule has 23 heavy (non-hydrogen) atoms. The predicted octanol–water partition coefficient (Wildman–Crippen LogP) is 1.18. The van der Waals surface area contributed by atoms with Gasteiger partial charge in [-0.1, -0.05) is 24.3 Å². The van der Waals surface area contributed by atoms with Gasteiger partial charge in [0, 0.05) is 17.8 Å². The van der Waals surface area contributed by atoms with Crippen molar-refractivity contribution in [3.8, 4) is 0 Å². The molecule has 0 spiro atoms. The summed E-state index contributed by atoms with van der Waals surface area (Å²) < 4.78 is 0. The molecule has 2 heterocycles. The van der Waals surface area contributed by atoms with E-state index >= 15 is 0 Å². The molecule has 120 valence electrons. The number of rotatable bonds is 3. The lowest BCUT2D eigenvalue weighted by Crippen LogP contribution is -2.46. The van der Waals surface area contributed by atoms with E-state index in [2.05, 4.69) is 10.2 Å². The normalized spacial score (nSPS) is 17.0. The van der Waals surface area contributed by atoms with E-state index in [-0.39, 0.29) is 12.3 Å². The molecule has 0 fully saturated rings. The van der Waals surface area contributed by atoms with Gasteiger partial charge in [-0.25, -0.2) is 0 Å². The maximum atomic E-state index is 12.8. The monoisotopic (exact) mass is 312 g/mol. The number of carbonyl (C=O) groups is 2. The Kier molecular flexibility index (Phi) is 3.90. The summed E-state index contributed by atoms with van der Waals surface area (Å²) in [6.45, 7) is 4.25. The number of amides is 2. The van der Waals surface area contributed by atoms with Crippen LogP contribution in [-0.4, -0.2) is 33.5 Å². The van der Waals surface area contributed by atoms with Crippen molar-refractivity contribution in [1.29, 1.82) is 0 Å². The van der Waals surface area contributed by atoms with Crippen LogP contribution in [0.5, 0.6) is 0 Å². The maximum Gasteiger partial charge on any atom is 0.244 e. The Morgan fingerprint density at radius 2 is 2.09 bits per heavy atom. The van der Waals surface area contributed by atoms with Gasteiger partial charge in [0.2, 0.25) is 11.8 Å². The van der Waals surface area contributed by atoms with Gasteiger partial charge in [-0.05, 0) is 31.4 Å². The highest BCUT2D eigenvalue weighted by Gasteiger charge is 2.34. The smallest absolute Gasteiger partial charge is 0.244 e. The molecule has 6 heteroatoms. The highest BCUT2D eigenvalue weighted by Crippen LogP contribution is 2.30. The number of aromatic amines is 1. The number of nitrogens with zero attached hydrogens (tertiary/aromatic N) is 2. The van der Waals surface area contributed by atoms with Crippen LogP contribution in [0.25, 0.3) is 0 Å². The molecule has 0 aliphatic carbocycles. The molecule has 1 unspecified atom stereocenters. The molecule has 0 radical (unpaired) electrons. The van der Waals surface area contributed by atoms with Gasteiger partial charge in [-0.15, -0.1) is 0 Å². The number of hydrogen-bond donors (Lipinski definition) is 2. The topological polar surface area (TPSA) is 92.1 Å². The van der Waals surface area contributed by atoms with Gasteiger partial charge < -0.3 is 10.6 Å². The van der Waals surface area contributed by atoms with E-state index in [0.717, 1.165) is 34.5 Å². The molecule has 1 aromatic carbocycles. The number of aryl methyl sites for hydroxylation is 2. The fraction of sp³-hybridized carbons (Fsp3) is 0.353. The molecule has 1 atom stereocenters. The van der Waals surface area contributed by atoms with Crippen LogP contribution in [0.4, 0.5) is 0 Å². The standard InChI is InChI=1S/C17H20N4O2/c1-10-14(11(2)20-19-10)9-15(22)21-8-7-12-5-3-4-6-13(12)16(21)17(18)23/h3-6,16H,7-9H2,1-2H3,(H2,18,23)(H,19,20). The summed E-state index contributed by atoms with van der Waals surface area (Å²) in [6, 6.07) is 6.97. The molecule has 3 N–H and O–H groups in total. The highest BCUT2D eigenvalue weighted by molar-refractivity contribution is 5.89. The first-order chi connectivity index (χ1) is 11.0. The Hall–Kier alpha value is -2.63. The number of primary amides is 1. The summed E-state index contributed by atoms with van der Waals surface area (Å²) >= 11 is 0. The van der Waals surface area contributed by atoms with E-state index in [9.17, 15) is 9.59 Å². The van der Waals surface area contributed by atoms with Gasteiger partial charge in [-0.2, -0.15) is 5.10 Å². The molecule has 0 saturated heterocycles. The van der Waals surface area contributed by atoms with E-state index < -0.39 is 11.9 Å². The van der Waals surface area contributed by atoms with Gasteiger partial charge in [0.25, 0.3) is 0 Å². The van der Waals surface area contributed by atoms with Crippen LogP contribution in [0.2, 0.25) is 0 Å². The average Bonchev–Trinajstić information content (AvgIpc) is 2.85. The summed E-state index contributed by atoms with van der Waals surface area (Å²) in [7, 11) is 0. The van der Waals surface area contributed by atoms with Crippen LogP contribution in [0.1, 0.15) is 34.1 Å². The quantitative estimate of drug-likeness (QED) is 0.891. The van der Waals surface area contributed by atoms with Gasteiger partial charge >= 0.3 is 0 Å².